The molecule has 0 aromatic carbocycles. The van der Waals surface area contributed by atoms with Crippen LogP contribution in [0.5, 0.6) is 0 Å². The molecule has 1 aliphatic heterocycles. The highest BCUT2D eigenvalue weighted by molar-refractivity contribution is 5.15. The summed E-state index contributed by atoms with van der Waals surface area (Å²) in [5, 5.41) is 4.69. The van der Waals surface area contributed by atoms with Gasteiger partial charge in [0.1, 0.15) is 0 Å². The van der Waals surface area contributed by atoms with Crippen LogP contribution in [-0.4, -0.2) is 51.8 Å². The lowest BCUT2D eigenvalue weighted by molar-refractivity contribution is 0.132. The van der Waals surface area contributed by atoms with Crippen LogP contribution >= 0.6 is 0 Å². The summed E-state index contributed by atoms with van der Waals surface area (Å²) in [5.41, 5.74) is 2.63. The van der Waals surface area contributed by atoms with Crippen molar-refractivity contribution in [1.82, 2.24) is 19.6 Å². The zero-order valence-corrected chi connectivity index (χ0v) is 16.2. The normalized spacial score (nSPS) is 23.8. The summed E-state index contributed by atoms with van der Waals surface area (Å²) >= 11 is 0. The number of hydrogen-bond acceptors (Lipinski definition) is 3. The fourth-order valence-corrected chi connectivity index (χ4v) is 4.07. The van der Waals surface area contributed by atoms with Crippen LogP contribution in [0.25, 0.3) is 0 Å². The first-order valence-electron chi connectivity index (χ1n) is 10.1. The van der Waals surface area contributed by atoms with Gasteiger partial charge in [-0.1, -0.05) is 20.8 Å². The second-order valence-electron chi connectivity index (χ2n) is 8.34. The molecule has 4 heteroatoms. The fourth-order valence-electron chi connectivity index (χ4n) is 4.07. The van der Waals surface area contributed by atoms with Crippen LogP contribution in [0.4, 0.5) is 0 Å². The predicted molar refractivity (Wildman–Crippen MR) is 100 cm³/mol. The summed E-state index contributed by atoms with van der Waals surface area (Å²) < 4.78 is 2.13. The lowest BCUT2D eigenvalue weighted by Crippen LogP contribution is -2.45. The number of nitrogens with zero attached hydrogens (tertiary/aromatic N) is 4. The van der Waals surface area contributed by atoms with E-state index in [1.807, 2.05) is 0 Å². The Morgan fingerprint density at radius 1 is 1.25 bits per heavy atom. The summed E-state index contributed by atoms with van der Waals surface area (Å²) in [6.45, 7) is 16.3. The van der Waals surface area contributed by atoms with E-state index in [4.69, 9.17) is 0 Å². The molecule has 1 aromatic heterocycles. The summed E-state index contributed by atoms with van der Waals surface area (Å²) in [6, 6.07) is 0.707. The molecule has 0 N–H and O–H groups in total. The zero-order chi connectivity index (χ0) is 17.1. The molecule has 1 aliphatic carbocycles. The first-order chi connectivity index (χ1) is 11.6. The monoisotopic (exact) mass is 332 g/mol. The van der Waals surface area contributed by atoms with E-state index in [1.54, 1.807) is 0 Å². The van der Waals surface area contributed by atoms with Gasteiger partial charge in [-0.05, 0) is 57.5 Å². The molecule has 3 rings (SSSR count). The lowest BCUT2D eigenvalue weighted by atomic mass is 10.0. The van der Waals surface area contributed by atoms with Crippen molar-refractivity contribution < 1.29 is 0 Å². The second-order valence-corrected chi connectivity index (χ2v) is 8.34. The third kappa shape index (κ3) is 4.60. The van der Waals surface area contributed by atoms with Gasteiger partial charge in [0.2, 0.25) is 0 Å². The molecular formula is C20H36N4. The molecule has 2 heterocycles. The smallest absolute Gasteiger partial charge is 0.0638 e. The molecule has 0 bridgehead atoms. The largest absolute Gasteiger partial charge is 0.299 e. The van der Waals surface area contributed by atoms with Crippen LogP contribution in [0.1, 0.15) is 57.7 Å². The number of hydrogen-bond donors (Lipinski definition) is 0. The van der Waals surface area contributed by atoms with Gasteiger partial charge in [-0.3, -0.25) is 14.5 Å². The molecule has 0 spiro atoms. The molecule has 1 saturated heterocycles. The maximum atomic E-state index is 4.69. The molecule has 0 radical (unpaired) electrons. The molecule has 24 heavy (non-hydrogen) atoms. The minimum Gasteiger partial charge on any atom is -0.299 e. The zero-order valence-electron chi connectivity index (χ0n) is 16.2. The molecule has 0 unspecified atom stereocenters. The van der Waals surface area contributed by atoms with Crippen molar-refractivity contribution in [3.8, 4) is 0 Å². The van der Waals surface area contributed by atoms with Gasteiger partial charge in [-0.15, -0.1) is 0 Å². The minimum absolute atomic E-state index is 0.707. The quantitative estimate of drug-likeness (QED) is 0.763. The molecule has 1 atom stereocenters. The van der Waals surface area contributed by atoms with Crippen LogP contribution < -0.4 is 0 Å². The Bertz CT molecular complexity index is 518. The van der Waals surface area contributed by atoms with E-state index < -0.39 is 0 Å². The summed E-state index contributed by atoms with van der Waals surface area (Å²) in [6.07, 6.45) is 7.64. The van der Waals surface area contributed by atoms with Crippen molar-refractivity contribution in [1.29, 1.82) is 0 Å². The Labute approximate surface area is 148 Å². The van der Waals surface area contributed by atoms with Crippen molar-refractivity contribution in [2.45, 2.75) is 72.5 Å². The summed E-state index contributed by atoms with van der Waals surface area (Å²) in [4.78, 5) is 5.48. The van der Waals surface area contributed by atoms with Crippen LogP contribution in [0.3, 0.4) is 0 Å². The highest BCUT2D eigenvalue weighted by atomic mass is 15.3. The molecule has 2 fully saturated rings. The standard InChI is InChI=1S/C20H36N4/c1-5-9-24-14-19(17(4)21-24)13-22-10-6-11-23(12-18-7-8-18)20(15-22)16(2)3/h14,16,18,20H,5-13,15H2,1-4H3/t20-/m0/s1. The van der Waals surface area contributed by atoms with Gasteiger partial charge in [0.25, 0.3) is 0 Å². The highest BCUT2D eigenvalue weighted by Crippen LogP contribution is 2.32. The van der Waals surface area contributed by atoms with E-state index in [0.29, 0.717) is 6.04 Å². The van der Waals surface area contributed by atoms with Crippen LogP contribution in [0, 0.1) is 18.8 Å². The topological polar surface area (TPSA) is 24.3 Å². The van der Waals surface area contributed by atoms with Gasteiger partial charge < -0.3 is 0 Å². The van der Waals surface area contributed by atoms with Gasteiger partial charge in [0.15, 0.2) is 0 Å². The SMILES string of the molecule is CCCn1cc(CN2CCCN(CC3CC3)[C@H](C(C)C)C2)c(C)n1. The number of rotatable bonds is 7. The average molecular weight is 333 g/mol. The van der Waals surface area contributed by atoms with Crippen molar-refractivity contribution >= 4 is 0 Å². The van der Waals surface area contributed by atoms with Crippen molar-refractivity contribution in [3.63, 3.8) is 0 Å². The number of aromatic nitrogens is 2. The Hall–Kier alpha value is -0.870. The third-order valence-corrected chi connectivity index (χ3v) is 5.69. The Morgan fingerprint density at radius 2 is 2.04 bits per heavy atom. The maximum Gasteiger partial charge on any atom is 0.0638 e. The molecular weight excluding hydrogens is 296 g/mol. The first kappa shape index (κ1) is 17.9. The maximum absolute atomic E-state index is 4.69. The number of aryl methyl sites for hydroxylation is 2. The molecule has 1 aromatic rings. The van der Waals surface area contributed by atoms with Gasteiger partial charge >= 0.3 is 0 Å². The van der Waals surface area contributed by atoms with Crippen molar-refractivity contribution in [2.75, 3.05) is 26.2 Å². The molecule has 136 valence electrons. The van der Waals surface area contributed by atoms with E-state index in [1.165, 1.54) is 56.7 Å². The summed E-state index contributed by atoms with van der Waals surface area (Å²) in [7, 11) is 0. The van der Waals surface area contributed by atoms with Crippen LogP contribution in [0.2, 0.25) is 0 Å². The Morgan fingerprint density at radius 3 is 2.71 bits per heavy atom. The highest BCUT2D eigenvalue weighted by Gasteiger charge is 2.32. The minimum atomic E-state index is 0.707. The molecule has 1 saturated carbocycles. The van der Waals surface area contributed by atoms with Crippen molar-refractivity contribution in [2.24, 2.45) is 11.8 Å². The first-order valence-corrected chi connectivity index (χ1v) is 10.1. The second kappa shape index (κ2) is 8.01. The van der Waals surface area contributed by atoms with E-state index in [9.17, 15) is 0 Å². The molecule has 0 amide bonds. The van der Waals surface area contributed by atoms with E-state index in [-0.39, 0.29) is 0 Å². The predicted octanol–water partition coefficient (Wildman–Crippen LogP) is 3.54. The van der Waals surface area contributed by atoms with Crippen LogP contribution in [0.15, 0.2) is 6.20 Å². The molecule has 2 aliphatic rings. The van der Waals surface area contributed by atoms with Crippen molar-refractivity contribution in [3.05, 3.63) is 17.5 Å². The van der Waals surface area contributed by atoms with Gasteiger partial charge in [-0.25, -0.2) is 0 Å². The van der Waals surface area contributed by atoms with E-state index >= 15 is 0 Å². The Balaban J connectivity index is 1.65. The fraction of sp³-hybridized carbons (Fsp3) is 0.850. The van der Waals surface area contributed by atoms with E-state index in [2.05, 4.69) is 53.5 Å². The summed E-state index contributed by atoms with van der Waals surface area (Å²) in [5.74, 6) is 1.72. The van der Waals surface area contributed by atoms with Crippen LogP contribution in [-0.2, 0) is 13.1 Å². The van der Waals surface area contributed by atoms with Gasteiger partial charge in [0.05, 0.1) is 5.69 Å². The lowest BCUT2D eigenvalue weighted by Gasteiger charge is -2.34. The third-order valence-electron chi connectivity index (χ3n) is 5.69. The Kier molecular flexibility index (Phi) is 5.98. The van der Waals surface area contributed by atoms with Gasteiger partial charge in [-0.2, -0.15) is 5.10 Å². The van der Waals surface area contributed by atoms with E-state index in [0.717, 1.165) is 31.3 Å². The molecule has 4 nitrogen and oxygen atoms in total. The average Bonchev–Trinajstić information content (AvgIpc) is 3.30. The van der Waals surface area contributed by atoms with Gasteiger partial charge in [0, 0.05) is 44.0 Å².